The highest BCUT2D eigenvalue weighted by atomic mass is 35.5. The highest BCUT2D eigenvalue weighted by molar-refractivity contribution is 6.35. The molecule has 0 fully saturated rings. The van der Waals surface area contributed by atoms with Crippen molar-refractivity contribution in [3.05, 3.63) is 33.6 Å². The van der Waals surface area contributed by atoms with Crippen molar-refractivity contribution in [2.75, 3.05) is 6.54 Å². The number of hydrogen-bond acceptors (Lipinski definition) is 2. The van der Waals surface area contributed by atoms with Gasteiger partial charge in [0.05, 0.1) is 11.1 Å². The van der Waals surface area contributed by atoms with Gasteiger partial charge in [-0.15, -0.1) is 0 Å². The van der Waals surface area contributed by atoms with Crippen LogP contribution in [0.1, 0.15) is 38.3 Å². The summed E-state index contributed by atoms with van der Waals surface area (Å²) in [5.74, 6) is -0.474. The Morgan fingerprint density at radius 1 is 1.33 bits per heavy atom. The topological polar surface area (TPSA) is 32.3 Å². The highest BCUT2D eigenvalue weighted by Crippen LogP contribution is 2.28. The summed E-state index contributed by atoms with van der Waals surface area (Å²) in [6.45, 7) is 4.48. The summed E-state index contributed by atoms with van der Waals surface area (Å²) >= 11 is 11.7. The minimum absolute atomic E-state index is 0.0253. The smallest absolute Gasteiger partial charge is 0.142 e. The Bertz CT molecular complexity index is 401. The molecule has 0 spiro atoms. The van der Waals surface area contributed by atoms with E-state index in [0.29, 0.717) is 23.6 Å². The molecule has 0 aliphatic heterocycles. The molecule has 2 atom stereocenters. The molecule has 0 heterocycles. The van der Waals surface area contributed by atoms with Crippen molar-refractivity contribution < 1.29 is 9.50 Å². The first-order chi connectivity index (χ1) is 8.45. The Hall–Kier alpha value is -0.350. The third-order valence-electron chi connectivity index (χ3n) is 2.91. The fraction of sp³-hybridized carbons (Fsp3) is 0.538. The number of hydrogen-bond donors (Lipinski definition) is 2. The molecule has 5 heteroatoms. The summed E-state index contributed by atoms with van der Waals surface area (Å²) in [7, 11) is 0. The van der Waals surface area contributed by atoms with Crippen LogP contribution in [0.3, 0.4) is 0 Å². The SMILES string of the molecule is CCC(O)CCNC(C)c1cc(F)c(Cl)cc1Cl. The Morgan fingerprint density at radius 2 is 2.00 bits per heavy atom. The van der Waals surface area contributed by atoms with Crippen LogP contribution in [-0.4, -0.2) is 17.8 Å². The predicted molar refractivity (Wildman–Crippen MR) is 73.8 cm³/mol. The maximum absolute atomic E-state index is 13.4. The lowest BCUT2D eigenvalue weighted by Gasteiger charge is -2.17. The lowest BCUT2D eigenvalue weighted by Crippen LogP contribution is -2.23. The fourth-order valence-electron chi connectivity index (χ4n) is 1.65. The van der Waals surface area contributed by atoms with E-state index >= 15 is 0 Å². The molecule has 102 valence electrons. The van der Waals surface area contributed by atoms with E-state index in [9.17, 15) is 9.50 Å². The van der Waals surface area contributed by atoms with Gasteiger partial charge in [0.15, 0.2) is 0 Å². The second-order valence-electron chi connectivity index (χ2n) is 4.31. The van der Waals surface area contributed by atoms with Gasteiger partial charge in [0.1, 0.15) is 5.82 Å². The summed E-state index contributed by atoms with van der Waals surface area (Å²) in [5.41, 5.74) is 0.671. The van der Waals surface area contributed by atoms with Gasteiger partial charge in [-0.1, -0.05) is 30.1 Å². The normalized spacial score (nSPS) is 14.6. The zero-order valence-corrected chi connectivity index (χ0v) is 12.0. The van der Waals surface area contributed by atoms with Gasteiger partial charge in [0.2, 0.25) is 0 Å². The largest absolute Gasteiger partial charge is 0.393 e. The lowest BCUT2D eigenvalue weighted by molar-refractivity contribution is 0.159. The minimum atomic E-state index is -0.474. The molecule has 18 heavy (non-hydrogen) atoms. The van der Waals surface area contributed by atoms with E-state index in [2.05, 4.69) is 5.32 Å². The second kappa shape index (κ2) is 7.29. The predicted octanol–water partition coefficient (Wildman–Crippen LogP) is 3.94. The third kappa shape index (κ3) is 4.39. The maximum atomic E-state index is 13.4. The van der Waals surface area contributed by atoms with Crippen molar-refractivity contribution in [3.8, 4) is 0 Å². The molecular formula is C13H18Cl2FNO. The number of benzene rings is 1. The zero-order chi connectivity index (χ0) is 13.7. The number of halogens is 3. The molecule has 1 aromatic rings. The van der Waals surface area contributed by atoms with E-state index in [1.165, 1.54) is 12.1 Å². The van der Waals surface area contributed by atoms with Crippen LogP contribution in [0, 0.1) is 5.82 Å². The van der Waals surface area contributed by atoms with Crippen molar-refractivity contribution in [1.82, 2.24) is 5.32 Å². The Balaban J connectivity index is 2.61. The van der Waals surface area contributed by atoms with Crippen LogP contribution < -0.4 is 5.32 Å². The molecule has 2 N–H and O–H groups in total. The first kappa shape index (κ1) is 15.7. The molecule has 2 nitrogen and oxygen atoms in total. The molecule has 2 unspecified atom stereocenters. The van der Waals surface area contributed by atoms with E-state index < -0.39 is 5.82 Å². The summed E-state index contributed by atoms with van der Waals surface area (Å²) in [5, 5.41) is 13.1. The molecule has 0 bridgehead atoms. The van der Waals surface area contributed by atoms with E-state index in [1.807, 2.05) is 13.8 Å². The van der Waals surface area contributed by atoms with Crippen molar-refractivity contribution in [1.29, 1.82) is 0 Å². The monoisotopic (exact) mass is 293 g/mol. The second-order valence-corrected chi connectivity index (χ2v) is 5.13. The molecule has 0 aromatic heterocycles. The van der Waals surface area contributed by atoms with E-state index in [4.69, 9.17) is 23.2 Å². The quantitative estimate of drug-likeness (QED) is 0.779. The van der Waals surface area contributed by atoms with Gasteiger partial charge < -0.3 is 10.4 Å². The van der Waals surface area contributed by atoms with Gasteiger partial charge in [-0.2, -0.15) is 0 Å². The standard InChI is InChI=1S/C13H18Cl2FNO/c1-3-9(18)4-5-17-8(2)10-6-13(16)12(15)7-11(10)14/h6-9,17-18H,3-5H2,1-2H3. The van der Waals surface area contributed by atoms with Crippen LogP contribution in [0.4, 0.5) is 4.39 Å². The van der Waals surface area contributed by atoms with E-state index in [0.717, 1.165) is 6.42 Å². The Labute approximate surface area is 117 Å². The van der Waals surface area contributed by atoms with Gasteiger partial charge >= 0.3 is 0 Å². The van der Waals surface area contributed by atoms with Crippen molar-refractivity contribution in [3.63, 3.8) is 0 Å². The van der Waals surface area contributed by atoms with Crippen LogP contribution in [0.2, 0.25) is 10.0 Å². The summed E-state index contributed by atoms with van der Waals surface area (Å²) in [4.78, 5) is 0. The van der Waals surface area contributed by atoms with Crippen LogP contribution in [0.25, 0.3) is 0 Å². The van der Waals surface area contributed by atoms with E-state index in [1.54, 1.807) is 0 Å². The highest BCUT2D eigenvalue weighted by Gasteiger charge is 2.13. The minimum Gasteiger partial charge on any atom is -0.393 e. The average Bonchev–Trinajstić information content (AvgIpc) is 2.33. The van der Waals surface area contributed by atoms with Crippen molar-refractivity contribution in [2.45, 2.75) is 38.8 Å². The Kier molecular flexibility index (Phi) is 6.36. The third-order valence-corrected chi connectivity index (χ3v) is 3.52. The van der Waals surface area contributed by atoms with Gasteiger partial charge in [-0.25, -0.2) is 4.39 Å². The number of aliphatic hydroxyl groups excluding tert-OH is 1. The molecule has 0 radical (unpaired) electrons. The number of aliphatic hydroxyl groups is 1. The van der Waals surface area contributed by atoms with Gasteiger partial charge in [-0.05, 0) is 44.0 Å². The number of nitrogens with one attached hydrogen (secondary N) is 1. The van der Waals surface area contributed by atoms with Crippen molar-refractivity contribution in [2.24, 2.45) is 0 Å². The molecule has 1 rings (SSSR count). The van der Waals surface area contributed by atoms with Crippen LogP contribution in [-0.2, 0) is 0 Å². The summed E-state index contributed by atoms with van der Waals surface area (Å²) in [6, 6.07) is 2.67. The fourth-order valence-corrected chi connectivity index (χ4v) is 2.20. The zero-order valence-electron chi connectivity index (χ0n) is 10.5. The van der Waals surface area contributed by atoms with E-state index in [-0.39, 0.29) is 17.2 Å². The molecule has 0 saturated carbocycles. The molecular weight excluding hydrogens is 276 g/mol. The summed E-state index contributed by atoms with van der Waals surface area (Å²) < 4.78 is 13.4. The first-order valence-corrected chi connectivity index (χ1v) is 6.77. The molecule has 0 amide bonds. The number of rotatable bonds is 6. The van der Waals surface area contributed by atoms with Gasteiger partial charge in [0.25, 0.3) is 0 Å². The van der Waals surface area contributed by atoms with Crippen LogP contribution in [0.5, 0.6) is 0 Å². The summed E-state index contributed by atoms with van der Waals surface area (Å²) in [6.07, 6.45) is 1.09. The van der Waals surface area contributed by atoms with Crippen LogP contribution in [0.15, 0.2) is 12.1 Å². The molecule has 0 aliphatic carbocycles. The van der Waals surface area contributed by atoms with Crippen molar-refractivity contribution >= 4 is 23.2 Å². The maximum Gasteiger partial charge on any atom is 0.142 e. The Morgan fingerprint density at radius 3 is 2.61 bits per heavy atom. The van der Waals surface area contributed by atoms with Gasteiger partial charge in [0, 0.05) is 11.1 Å². The average molecular weight is 294 g/mol. The molecule has 0 saturated heterocycles. The first-order valence-electron chi connectivity index (χ1n) is 6.01. The molecule has 1 aromatic carbocycles. The lowest BCUT2D eigenvalue weighted by atomic mass is 10.1. The van der Waals surface area contributed by atoms with Crippen LogP contribution >= 0.6 is 23.2 Å². The molecule has 0 aliphatic rings. The van der Waals surface area contributed by atoms with Gasteiger partial charge in [-0.3, -0.25) is 0 Å².